The van der Waals surface area contributed by atoms with E-state index in [-0.39, 0.29) is 0 Å². The summed E-state index contributed by atoms with van der Waals surface area (Å²) in [5.41, 5.74) is 4.03. The van der Waals surface area contributed by atoms with Crippen molar-refractivity contribution < 1.29 is 9.53 Å². The van der Waals surface area contributed by atoms with Crippen LogP contribution in [0.15, 0.2) is 29.3 Å². The van der Waals surface area contributed by atoms with E-state index in [1.54, 1.807) is 25.1 Å². The van der Waals surface area contributed by atoms with Crippen LogP contribution in [0.4, 0.5) is 0 Å². The topological polar surface area (TPSA) is 41.9 Å². The highest BCUT2D eigenvalue weighted by Gasteiger charge is 2.21. The van der Waals surface area contributed by atoms with E-state index in [1.807, 2.05) is 12.1 Å². The Morgan fingerprint density at radius 1 is 1.43 bits per heavy atom. The van der Waals surface area contributed by atoms with Crippen molar-refractivity contribution >= 4 is 18.0 Å². The van der Waals surface area contributed by atoms with Gasteiger partial charge < -0.3 is 9.64 Å². The van der Waals surface area contributed by atoms with Crippen LogP contribution in [0.5, 0.6) is 0 Å². The van der Waals surface area contributed by atoms with Crippen molar-refractivity contribution in [3.63, 3.8) is 0 Å². The van der Waals surface area contributed by atoms with E-state index < -0.39 is 0 Å². The molecule has 23 heavy (non-hydrogen) atoms. The van der Waals surface area contributed by atoms with Crippen molar-refractivity contribution in [2.24, 2.45) is 10.9 Å². The first-order valence-electron chi connectivity index (χ1n) is 7.68. The Balaban J connectivity index is 2.47. The van der Waals surface area contributed by atoms with Crippen LogP contribution < -0.4 is 0 Å². The Hall–Kier alpha value is -2.54. The number of amides is 1. The van der Waals surface area contributed by atoms with Crippen molar-refractivity contribution in [2.45, 2.75) is 20.3 Å². The van der Waals surface area contributed by atoms with Gasteiger partial charge >= 0.3 is 0 Å². The van der Waals surface area contributed by atoms with Gasteiger partial charge in [0.2, 0.25) is 12.3 Å². The third kappa shape index (κ3) is 4.01. The summed E-state index contributed by atoms with van der Waals surface area (Å²) < 4.78 is 5.21. The molecule has 4 nitrogen and oxygen atoms in total. The quantitative estimate of drug-likeness (QED) is 0.365. The highest BCUT2D eigenvalue weighted by atomic mass is 16.5. The van der Waals surface area contributed by atoms with E-state index in [0.717, 1.165) is 29.7 Å². The molecule has 0 saturated carbocycles. The van der Waals surface area contributed by atoms with Gasteiger partial charge in [-0.15, -0.1) is 0 Å². The van der Waals surface area contributed by atoms with Gasteiger partial charge in [0.05, 0.1) is 12.8 Å². The lowest BCUT2D eigenvalue weighted by molar-refractivity contribution is -0.115. The molecule has 0 N–H and O–H groups in total. The summed E-state index contributed by atoms with van der Waals surface area (Å²) in [7, 11) is 3.23. The first kappa shape index (κ1) is 16.8. The number of fused-ring (bicyclic) bond motifs is 1. The highest BCUT2D eigenvalue weighted by molar-refractivity contribution is 5.97. The third-order valence-corrected chi connectivity index (χ3v) is 3.63. The maximum Gasteiger partial charge on any atom is 0.214 e. The first-order valence-corrected chi connectivity index (χ1v) is 7.68. The second-order valence-electron chi connectivity index (χ2n) is 5.64. The SMILES string of the molecule is C/N=C(\C=C1\c2ccc(C#CC(C)C)cc2CCN1C=O)OC. The van der Waals surface area contributed by atoms with Gasteiger partial charge in [-0.1, -0.05) is 31.8 Å². The van der Waals surface area contributed by atoms with Crippen LogP contribution in [0.2, 0.25) is 0 Å². The number of methoxy groups -OCH3 is 1. The molecule has 1 aromatic rings. The number of hydrogen-bond donors (Lipinski definition) is 0. The molecule has 1 amide bonds. The standard InChI is InChI=1S/C19H22N2O2/c1-14(2)5-6-15-7-8-17-16(11-15)9-10-21(13-22)18(17)12-19(20-3)23-4/h7-8,11-14H,9-10H2,1-4H3/b18-12-,20-19+. The molecule has 4 heteroatoms. The minimum absolute atomic E-state index is 0.345. The van der Waals surface area contributed by atoms with Crippen molar-refractivity contribution in [3.8, 4) is 11.8 Å². The zero-order chi connectivity index (χ0) is 16.8. The number of carbonyl (C=O) groups is 1. The van der Waals surface area contributed by atoms with Crippen LogP contribution in [0, 0.1) is 17.8 Å². The molecule has 0 unspecified atom stereocenters. The van der Waals surface area contributed by atoms with Gasteiger partial charge in [0.1, 0.15) is 0 Å². The number of nitrogens with zero attached hydrogens (tertiary/aromatic N) is 2. The van der Waals surface area contributed by atoms with Crippen LogP contribution in [0.3, 0.4) is 0 Å². The molecular weight excluding hydrogens is 288 g/mol. The van der Waals surface area contributed by atoms with Crippen molar-refractivity contribution in [2.75, 3.05) is 20.7 Å². The average Bonchev–Trinajstić information content (AvgIpc) is 2.57. The Labute approximate surface area is 137 Å². The van der Waals surface area contributed by atoms with Gasteiger partial charge in [0.15, 0.2) is 0 Å². The lowest BCUT2D eigenvalue weighted by Crippen LogP contribution is -2.29. The molecule has 0 atom stereocenters. The summed E-state index contributed by atoms with van der Waals surface area (Å²) in [6.07, 6.45) is 3.46. The summed E-state index contributed by atoms with van der Waals surface area (Å²) in [5, 5.41) is 0. The molecule has 1 aliphatic rings. The average molecular weight is 310 g/mol. The van der Waals surface area contributed by atoms with Gasteiger partial charge in [-0.3, -0.25) is 9.79 Å². The van der Waals surface area contributed by atoms with E-state index in [0.29, 0.717) is 18.4 Å². The summed E-state index contributed by atoms with van der Waals surface area (Å²) in [5.74, 6) is 7.21. The predicted octanol–water partition coefficient (Wildman–Crippen LogP) is 2.72. The van der Waals surface area contributed by atoms with Crippen LogP contribution >= 0.6 is 0 Å². The summed E-state index contributed by atoms with van der Waals surface area (Å²) >= 11 is 0. The highest BCUT2D eigenvalue weighted by Crippen LogP contribution is 2.28. The van der Waals surface area contributed by atoms with Crippen LogP contribution in [-0.4, -0.2) is 37.9 Å². The molecule has 0 bridgehead atoms. The minimum Gasteiger partial charge on any atom is -0.481 e. The molecule has 0 aliphatic carbocycles. The molecule has 0 fully saturated rings. The second-order valence-corrected chi connectivity index (χ2v) is 5.64. The third-order valence-electron chi connectivity index (χ3n) is 3.63. The first-order chi connectivity index (χ1) is 11.1. The Bertz CT molecular complexity index is 706. The molecule has 0 radical (unpaired) electrons. The fourth-order valence-corrected chi connectivity index (χ4v) is 2.47. The van der Waals surface area contributed by atoms with Crippen LogP contribution in [0.25, 0.3) is 5.70 Å². The molecule has 1 heterocycles. The fraction of sp³-hybridized carbons (Fsp3) is 0.368. The number of aliphatic imine (C=N–C) groups is 1. The second kappa shape index (κ2) is 7.64. The van der Waals surface area contributed by atoms with E-state index >= 15 is 0 Å². The van der Waals surface area contributed by atoms with E-state index in [1.165, 1.54) is 5.56 Å². The molecule has 120 valence electrons. The summed E-state index contributed by atoms with van der Waals surface area (Å²) in [6, 6.07) is 6.12. The van der Waals surface area contributed by atoms with E-state index in [4.69, 9.17) is 4.74 Å². The molecule has 0 aromatic heterocycles. The minimum atomic E-state index is 0.345. The number of carbonyl (C=O) groups excluding carboxylic acids is 1. The summed E-state index contributed by atoms with van der Waals surface area (Å²) in [6.45, 7) is 4.79. The van der Waals surface area contributed by atoms with Gasteiger partial charge in [0, 0.05) is 36.7 Å². The molecule has 0 saturated heterocycles. The van der Waals surface area contributed by atoms with Gasteiger partial charge in [0.25, 0.3) is 0 Å². The Morgan fingerprint density at radius 3 is 2.83 bits per heavy atom. The van der Waals surface area contributed by atoms with Gasteiger partial charge in [-0.25, -0.2) is 0 Å². The number of rotatable bonds is 2. The lowest BCUT2D eigenvalue weighted by Gasteiger charge is -2.28. The zero-order valence-corrected chi connectivity index (χ0v) is 14.1. The number of hydrogen-bond acceptors (Lipinski definition) is 3. The molecule has 1 aliphatic heterocycles. The van der Waals surface area contributed by atoms with E-state index in [9.17, 15) is 4.79 Å². The summed E-state index contributed by atoms with van der Waals surface area (Å²) in [4.78, 5) is 17.1. The molecule has 2 rings (SSSR count). The number of ether oxygens (including phenoxy) is 1. The maximum absolute atomic E-state index is 11.4. The van der Waals surface area contributed by atoms with Crippen LogP contribution in [0.1, 0.15) is 30.5 Å². The zero-order valence-electron chi connectivity index (χ0n) is 14.1. The Morgan fingerprint density at radius 2 is 2.22 bits per heavy atom. The van der Waals surface area contributed by atoms with Crippen molar-refractivity contribution in [3.05, 3.63) is 41.0 Å². The lowest BCUT2D eigenvalue weighted by atomic mass is 9.94. The number of benzene rings is 1. The molecule has 0 spiro atoms. The molecular formula is C19H22N2O2. The predicted molar refractivity (Wildman–Crippen MR) is 93.0 cm³/mol. The van der Waals surface area contributed by atoms with Crippen molar-refractivity contribution in [1.82, 2.24) is 4.90 Å². The largest absolute Gasteiger partial charge is 0.481 e. The molecule has 1 aromatic carbocycles. The van der Waals surface area contributed by atoms with Crippen molar-refractivity contribution in [1.29, 1.82) is 0 Å². The van der Waals surface area contributed by atoms with E-state index in [2.05, 4.69) is 36.7 Å². The van der Waals surface area contributed by atoms with Crippen LogP contribution in [-0.2, 0) is 16.0 Å². The van der Waals surface area contributed by atoms with Gasteiger partial charge in [-0.2, -0.15) is 0 Å². The normalized spacial score (nSPS) is 16.0. The Kier molecular flexibility index (Phi) is 5.59. The maximum atomic E-state index is 11.4. The monoisotopic (exact) mass is 310 g/mol. The van der Waals surface area contributed by atoms with Gasteiger partial charge in [-0.05, 0) is 24.1 Å². The fourth-order valence-electron chi connectivity index (χ4n) is 2.47. The smallest absolute Gasteiger partial charge is 0.214 e.